The molecule has 2 heterocycles. The van der Waals surface area contributed by atoms with Crippen molar-refractivity contribution < 1.29 is 4.79 Å². The SMILES string of the molecule is CCc1ccccc1NC(=O)CSc1nnc(-c2cnccn2)n1-c1ccc(C)cc1. The van der Waals surface area contributed by atoms with Gasteiger partial charge in [0, 0.05) is 23.8 Å². The number of nitrogens with zero attached hydrogens (tertiary/aromatic N) is 5. The number of carbonyl (C=O) groups is 1. The van der Waals surface area contributed by atoms with Gasteiger partial charge in [-0.2, -0.15) is 0 Å². The molecule has 156 valence electrons. The Hall–Kier alpha value is -3.52. The molecule has 0 saturated carbocycles. The van der Waals surface area contributed by atoms with Gasteiger partial charge < -0.3 is 5.32 Å². The van der Waals surface area contributed by atoms with Crippen molar-refractivity contribution in [3.05, 3.63) is 78.2 Å². The van der Waals surface area contributed by atoms with Crippen LogP contribution in [0.25, 0.3) is 17.2 Å². The molecule has 7 nitrogen and oxygen atoms in total. The van der Waals surface area contributed by atoms with Crippen LogP contribution in [0.4, 0.5) is 5.69 Å². The molecular formula is C23H22N6OS. The summed E-state index contributed by atoms with van der Waals surface area (Å²) in [5, 5.41) is 12.3. The Morgan fingerprint density at radius 1 is 1.06 bits per heavy atom. The first-order valence-corrected chi connectivity index (χ1v) is 10.9. The number of para-hydroxylation sites is 1. The zero-order valence-corrected chi connectivity index (χ0v) is 18.1. The molecule has 0 aliphatic heterocycles. The Bertz CT molecular complexity index is 1170. The van der Waals surface area contributed by atoms with Gasteiger partial charge in [-0.3, -0.25) is 14.3 Å². The average molecular weight is 431 g/mol. The Labute approximate surface area is 185 Å². The second-order valence-electron chi connectivity index (χ2n) is 6.92. The lowest BCUT2D eigenvalue weighted by molar-refractivity contribution is -0.113. The number of aryl methyl sites for hydroxylation is 2. The van der Waals surface area contributed by atoms with Crippen molar-refractivity contribution in [2.45, 2.75) is 25.4 Å². The van der Waals surface area contributed by atoms with Gasteiger partial charge in [-0.1, -0.05) is 54.6 Å². The molecule has 0 spiro atoms. The Morgan fingerprint density at radius 3 is 2.61 bits per heavy atom. The third kappa shape index (κ3) is 4.80. The highest BCUT2D eigenvalue weighted by Crippen LogP contribution is 2.27. The number of anilines is 1. The monoisotopic (exact) mass is 430 g/mol. The van der Waals surface area contributed by atoms with Gasteiger partial charge in [0.15, 0.2) is 11.0 Å². The predicted octanol–water partition coefficient (Wildman–Crippen LogP) is 4.33. The summed E-state index contributed by atoms with van der Waals surface area (Å²) < 4.78 is 1.90. The van der Waals surface area contributed by atoms with Gasteiger partial charge in [0.05, 0.1) is 11.9 Å². The fraction of sp³-hybridized carbons (Fsp3) is 0.174. The van der Waals surface area contributed by atoms with Crippen molar-refractivity contribution in [1.29, 1.82) is 0 Å². The van der Waals surface area contributed by atoms with Crippen LogP contribution in [0, 0.1) is 6.92 Å². The summed E-state index contributed by atoms with van der Waals surface area (Å²) in [4.78, 5) is 21.1. The van der Waals surface area contributed by atoms with Crippen molar-refractivity contribution >= 4 is 23.4 Å². The lowest BCUT2D eigenvalue weighted by Gasteiger charge is -2.11. The van der Waals surface area contributed by atoms with Gasteiger partial charge in [0.1, 0.15) is 5.69 Å². The van der Waals surface area contributed by atoms with Crippen LogP contribution in [0.3, 0.4) is 0 Å². The maximum absolute atomic E-state index is 12.6. The van der Waals surface area contributed by atoms with Crippen molar-refractivity contribution in [3.63, 3.8) is 0 Å². The van der Waals surface area contributed by atoms with Crippen LogP contribution in [0.15, 0.2) is 72.3 Å². The third-order valence-corrected chi connectivity index (χ3v) is 5.65. The van der Waals surface area contributed by atoms with E-state index in [-0.39, 0.29) is 11.7 Å². The minimum atomic E-state index is -0.0922. The molecule has 0 atom stereocenters. The van der Waals surface area contributed by atoms with E-state index in [4.69, 9.17) is 0 Å². The lowest BCUT2D eigenvalue weighted by Crippen LogP contribution is -2.15. The van der Waals surface area contributed by atoms with Crippen LogP contribution in [-0.4, -0.2) is 36.4 Å². The number of hydrogen-bond donors (Lipinski definition) is 1. The van der Waals surface area contributed by atoms with Crippen LogP contribution in [0.5, 0.6) is 0 Å². The van der Waals surface area contributed by atoms with E-state index in [1.165, 1.54) is 11.8 Å². The van der Waals surface area contributed by atoms with Gasteiger partial charge in [0.25, 0.3) is 0 Å². The smallest absolute Gasteiger partial charge is 0.234 e. The highest BCUT2D eigenvalue weighted by molar-refractivity contribution is 7.99. The maximum Gasteiger partial charge on any atom is 0.234 e. The summed E-state index contributed by atoms with van der Waals surface area (Å²) in [6.07, 6.45) is 5.74. The number of amides is 1. The van der Waals surface area contributed by atoms with E-state index in [2.05, 4.69) is 32.4 Å². The summed E-state index contributed by atoms with van der Waals surface area (Å²) in [5.74, 6) is 0.698. The molecule has 0 aliphatic rings. The normalized spacial score (nSPS) is 10.8. The fourth-order valence-corrected chi connectivity index (χ4v) is 3.89. The number of thioether (sulfide) groups is 1. The van der Waals surface area contributed by atoms with Gasteiger partial charge in [0.2, 0.25) is 5.91 Å². The molecule has 0 aliphatic carbocycles. The number of benzene rings is 2. The number of hydrogen-bond acceptors (Lipinski definition) is 6. The number of aromatic nitrogens is 5. The highest BCUT2D eigenvalue weighted by Gasteiger charge is 2.18. The average Bonchev–Trinajstić information content (AvgIpc) is 3.23. The molecule has 31 heavy (non-hydrogen) atoms. The Kier molecular flexibility index (Phi) is 6.37. The summed E-state index contributed by atoms with van der Waals surface area (Å²) in [5.41, 5.74) is 4.62. The second-order valence-corrected chi connectivity index (χ2v) is 7.86. The molecule has 2 aromatic heterocycles. The number of nitrogens with one attached hydrogen (secondary N) is 1. The zero-order valence-electron chi connectivity index (χ0n) is 17.3. The quantitative estimate of drug-likeness (QED) is 0.439. The van der Waals surface area contributed by atoms with Gasteiger partial charge in [-0.15, -0.1) is 10.2 Å². The largest absolute Gasteiger partial charge is 0.325 e. The number of carbonyl (C=O) groups excluding carboxylic acids is 1. The summed E-state index contributed by atoms with van der Waals surface area (Å²) in [7, 11) is 0. The van der Waals surface area contributed by atoms with E-state index in [1.54, 1.807) is 18.6 Å². The summed E-state index contributed by atoms with van der Waals surface area (Å²) in [6.45, 7) is 4.10. The summed E-state index contributed by atoms with van der Waals surface area (Å²) in [6, 6.07) is 15.9. The predicted molar refractivity (Wildman–Crippen MR) is 122 cm³/mol. The molecule has 4 aromatic rings. The molecule has 0 bridgehead atoms. The second kappa shape index (κ2) is 9.53. The van der Waals surface area contributed by atoms with Crippen LogP contribution in [-0.2, 0) is 11.2 Å². The molecule has 0 radical (unpaired) electrons. The van der Waals surface area contributed by atoms with Gasteiger partial charge in [-0.05, 0) is 37.1 Å². The first-order chi connectivity index (χ1) is 15.2. The molecular weight excluding hydrogens is 408 g/mol. The summed E-state index contributed by atoms with van der Waals surface area (Å²) >= 11 is 1.33. The molecule has 0 fully saturated rings. The Morgan fingerprint density at radius 2 is 1.87 bits per heavy atom. The van der Waals surface area contributed by atoms with E-state index < -0.39 is 0 Å². The van der Waals surface area contributed by atoms with E-state index in [0.29, 0.717) is 16.7 Å². The third-order valence-electron chi connectivity index (χ3n) is 4.72. The van der Waals surface area contributed by atoms with Crippen LogP contribution < -0.4 is 5.32 Å². The standard InChI is InChI=1S/C23H22N6OS/c1-3-17-6-4-5-7-19(17)26-21(30)15-31-23-28-27-22(20-14-24-12-13-25-20)29(23)18-10-8-16(2)9-11-18/h4-14H,3,15H2,1-2H3,(H,26,30). The molecule has 2 aromatic carbocycles. The molecule has 1 N–H and O–H groups in total. The first-order valence-electron chi connectivity index (χ1n) is 9.95. The van der Waals surface area contributed by atoms with Gasteiger partial charge in [-0.25, -0.2) is 4.98 Å². The maximum atomic E-state index is 12.6. The van der Waals surface area contributed by atoms with Crippen molar-refractivity contribution in [3.8, 4) is 17.2 Å². The fourth-order valence-electron chi connectivity index (χ4n) is 3.14. The van der Waals surface area contributed by atoms with E-state index >= 15 is 0 Å². The minimum absolute atomic E-state index is 0.0922. The van der Waals surface area contributed by atoms with E-state index in [1.807, 2.05) is 60.0 Å². The minimum Gasteiger partial charge on any atom is -0.325 e. The van der Waals surface area contributed by atoms with E-state index in [9.17, 15) is 4.79 Å². The molecule has 4 rings (SSSR count). The Balaban J connectivity index is 1.59. The highest BCUT2D eigenvalue weighted by atomic mass is 32.2. The first kappa shape index (κ1) is 20.7. The zero-order chi connectivity index (χ0) is 21.6. The molecule has 8 heteroatoms. The van der Waals surface area contributed by atoms with Crippen molar-refractivity contribution in [1.82, 2.24) is 24.7 Å². The number of rotatable bonds is 7. The topological polar surface area (TPSA) is 85.6 Å². The lowest BCUT2D eigenvalue weighted by atomic mass is 10.1. The molecule has 1 amide bonds. The van der Waals surface area contributed by atoms with Crippen LogP contribution >= 0.6 is 11.8 Å². The van der Waals surface area contributed by atoms with Crippen molar-refractivity contribution in [2.75, 3.05) is 11.1 Å². The van der Waals surface area contributed by atoms with Crippen LogP contribution in [0.1, 0.15) is 18.1 Å². The van der Waals surface area contributed by atoms with Crippen LogP contribution in [0.2, 0.25) is 0 Å². The van der Waals surface area contributed by atoms with Gasteiger partial charge >= 0.3 is 0 Å². The van der Waals surface area contributed by atoms with Crippen molar-refractivity contribution in [2.24, 2.45) is 0 Å². The molecule has 0 unspecified atom stereocenters. The molecule has 0 saturated heterocycles. The van der Waals surface area contributed by atoms with E-state index in [0.717, 1.165) is 28.9 Å².